The number of piperidine rings is 1. The Hall–Kier alpha value is -2.38. The first-order valence-corrected chi connectivity index (χ1v) is 11.2. The normalized spacial score (nSPS) is 18.2. The van der Waals surface area contributed by atoms with Crippen LogP contribution in [0.2, 0.25) is 0 Å². The van der Waals surface area contributed by atoms with Gasteiger partial charge in [0.2, 0.25) is 0 Å². The van der Waals surface area contributed by atoms with Gasteiger partial charge in [-0.2, -0.15) is 0 Å². The summed E-state index contributed by atoms with van der Waals surface area (Å²) in [6.45, 7) is 3.93. The molecule has 1 aliphatic carbocycles. The number of thiazole rings is 1. The van der Waals surface area contributed by atoms with Crippen molar-refractivity contribution in [3.8, 4) is 11.3 Å². The van der Waals surface area contributed by atoms with Crippen molar-refractivity contribution in [1.82, 2.24) is 24.4 Å². The summed E-state index contributed by atoms with van der Waals surface area (Å²) in [6, 6.07) is 5.38. The summed E-state index contributed by atoms with van der Waals surface area (Å²) in [7, 11) is 0. The van der Waals surface area contributed by atoms with E-state index in [-0.39, 0.29) is 5.56 Å². The van der Waals surface area contributed by atoms with Gasteiger partial charge in [-0.15, -0.1) is 11.3 Å². The molecule has 5 rings (SSSR count). The smallest absolute Gasteiger partial charge is 0.253 e. The molecule has 1 saturated heterocycles. The molecule has 29 heavy (non-hydrogen) atoms. The van der Waals surface area contributed by atoms with Crippen molar-refractivity contribution < 1.29 is 0 Å². The first-order chi connectivity index (χ1) is 14.2. The highest BCUT2D eigenvalue weighted by Gasteiger charge is 2.27. The summed E-state index contributed by atoms with van der Waals surface area (Å²) < 4.78 is 1.76. The quantitative estimate of drug-likeness (QED) is 0.625. The third kappa shape index (κ3) is 4.46. The summed E-state index contributed by atoms with van der Waals surface area (Å²) in [5.74, 6) is 1.28. The molecule has 3 aromatic rings. The summed E-state index contributed by atoms with van der Waals surface area (Å²) in [5.41, 5.74) is 1.65. The predicted octanol–water partition coefficient (Wildman–Crippen LogP) is 3.55. The lowest BCUT2D eigenvalue weighted by Crippen LogP contribution is -2.35. The van der Waals surface area contributed by atoms with Gasteiger partial charge in [-0.25, -0.2) is 9.97 Å². The molecule has 150 valence electrons. The van der Waals surface area contributed by atoms with Crippen molar-refractivity contribution in [3.05, 3.63) is 63.4 Å². The number of pyridine rings is 1. The second-order valence-electron chi connectivity index (χ2n) is 8.16. The van der Waals surface area contributed by atoms with Gasteiger partial charge in [0.05, 0.1) is 17.0 Å². The van der Waals surface area contributed by atoms with E-state index in [0.29, 0.717) is 11.6 Å². The maximum absolute atomic E-state index is 12.5. The van der Waals surface area contributed by atoms with Gasteiger partial charge in [0.15, 0.2) is 0 Å². The average molecular weight is 408 g/mol. The maximum atomic E-state index is 12.5. The Balaban J connectivity index is 1.16. The van der Waals surface area contributed by atoms with Crippen LogP contribution in [-0.4, -0.2) is 37.5 Å². The van der Waals surface area contributed by atoms with Crippen LogP contribution < -0.4 is 5.56 Å². The minimum Gasteiger partial charge on any atom is -0.299 e. The van der Waals surface area contributed by atoms with Crippen molar-refractivity contribution in [2.75, 3.05) is 13.1 Å². The number of aromatic nitrogens is 4. The van der Waals surface area contributed by atoms with Crippen LogP contribution in [0.5, 0.6) is 0 Å². The molecular formula is C22H25N5OS. The van der Waals surface area contributed by atoms with E-state index in [4.69, 9.17) is 0 Å². The van der Waals surface area contributed by atoms with E-state index in [0.717, 1.165) is 50.5 Å². The molecule has 0 atom stereocenters. The molecule has 6 nitrogen and oxygen atoms in total. The SMILES string of the molecule is O=c1cc(-c2ccncc2)ncn1CC1CCN(Cc2cnc(C3CC3)s2)CC1. The molecule has 0 radical (unpaired) electrons. The Morgan fingerprint density at radius 1 is 1.07 bits per heavy atom. The molecule has 2 fully saturated rings. The number of rotatable bonds is 6. The molecule has 0 unspecified atom stereocenters. The summed E-state index contributed by atoms with van der Waals surface area (Å²) >= 11 is 1.89. The lowest BCUT2D eigenvalue weighted by molar-refractivity contribution is 0.167. The fourth-order valence-electron chi connectivity index (χ4n) is 3.98. The van der Waals surface area contributed by atoms with E-state index in [1.54, 1.807) is 29.4 Å². The maximum Gasteiger partial charge on any atom is 0.253 e. The van der Waals surface area contributed by atoms with Crippen LogP contribution in [0.1, 0.15) is 41.5 Å². The molecule has 1 saturated carbocycles. The Labute approximate surface area is 174 Å². The van der Waals surface area contributed by atoms with Gasteiger partial charge in [0.1, 0.15) is 0 Å². The highest BCUT2D eigenvalue weighted by Crippen LogP contribution is 2.42. The van der Waals surface area contributed by atoms with Crippen LogP contribution in [0.15, 0.2) is 47.9 Å². The van der Waals surface area contributed by atoms with E-state index in [1.807, 2.05) is 23.5 Å². The Bertz CT molecular complexity index is 1020. The third-order valence-electron chi connectivity index (χ3n) is 5.90. The van der Waals surface area contributed by atoms with Gasteiger partial charge >= 0.3 is 0 Å². The minimum absolute atomic E-state index is 0.0199. The van der Waals surface area contributed by atoms with Crippen molar-refractivity contribution in [1.29, 1.82) is 0 Å². The first kappa shape index (κ1) is 18.6. The Morgan fingerprint density at radius 2 is 1.86 bits per heavy atom. The lowest BCUT2D eigenvalue weighted by Gasteiger charge is -2.31. The van der Waals surface area contributed by atoms with Crippen LogP contribution in [0.25, 0.3) is 11.3 Å². The summed E-state index contributed by atoms with van der Waals surface area (Å²) in [4.78, 5) is 29.6. The van der Waals surface area contributed by atoms with Gasteiger partial charge in [-0.3, -0.25) is 19.2 Å². The number of hydrogen-bond acceptors (Lipinski definition) is 6. The van der Waals surface area contributed by atoms with E-state index >= 15 is 0 Å². The fourth-order valence-corrected chi connectivity index (χ4v) is 5.11. The molecule has 0 amide bonds. The second kappa shape index (κ2) is 8.16. The van der Waals surface area contributed by atoms with Crippen molar-refractivity contribution in [2.24, 2.45) is 5.92 Å². The molecule has 2 aliphatic rings. The molecule has 0 aromatic carbocycles. The van der Waals surface area contributed by atoms with Gasteiger partial charge in [-0.05, 0) is 56.8 Å². The largest absolute Gasteiger partial charge is 0.299 e. The van der Waals surface area contributed by atoms with Crippen molar-refractivity contribution in [2.45, 2.75) is 44.7 Å². The van der Waals surface area contributed by atoms with E-state index in [2.05, 4.69) is 26.0 Å². The Kier molecular flexibility index (Phi) is 5.24. The Morgan fingerprint density at radius 3 is 2.59 bits per heavy atom. The number of nitrogens with zero attached hydrogens (tertiary/aromatic N) is 5. The van der Waals surface area contributed by atoms with Crippen LogP contribution >= 0.6 is 11.3 Å². The zero-order valence-corrected chi connectivity index (χ0v) is 17.2. The van der Waals surface area contributed by atoms with Crippen LogP contribution in [-0.2, 0) is 13.1 Å². The summed E-state index contributed by atoms with van der Waals surface area (Å²) in [5, 5.41) is 1.33. The highest BCUT2D eigenvalue weighted by molar-refractivity contribution is 7.11. The minimum atomic E-state index is 0.0199. The van der Waals surface area contributed by atoms with Gasteiger partial charge in [-0.1, -0.05) is 0 Å². The van der Waals surface area contributed by atoms with Gasteiger partial charge in [0.25, 0.3) is 5.56 Å². The molecule has 4 heterocycles. The zero-order chi connectivity index (χ0) is 19.6. The third-order valence-corrected chi connectivity index (χ3v) is 7.04. The second-order valence-corrected chi connectivity index (χ2v) is 9.31. The van der Waals surface area contributed by atoms with Crippen LogP contribution in [0.3, 0.4) is 0 Å². The van der Waals surface area contributed by atoms with Crippen LogP contribution in [0, 0.1) is 5.92 Å². The van der Waals surface area contributed by atoms with Crippen molar-refractivity contribution in [3.63, 3.8) is 0 Å². The number of likely N-dealkylation sites (tertiary alicyclic amines) is 1. The molecule has 0 bridgehead atoms. The molecule has 7 heteroatoms. The molecule has 0 spiro atoms. The highest BCUT2D eigenvalue weighted by atomic mass is 32.1. The van der Waals surface area contributed by atoms with E-state index in [9.17, 15) is 4.79 Å². The first-order valence-electron chi connectivity index (χ1n) is 10.4. The molecule has 3 aromatic heterocycles. The fraction of sp³-hybridized carbons (Fsp3) is 0.455. The summed E-state index contributed by atoms with van der Waals surface area (Å²) in [6.07, 6.45) is 12.1. The van der Waals surface area contributed by atoms with E-state index < -0.39 is 0 Å². The topological polar surface area (TPSA) is 63.9 Å². The number of hydrogen-bond donors (Lipinski definition) is 0. The monoisotopic (exact) mass is 407 g/mol. The van der Waals surface area contributed by atoms with Gasteiger partial charge < -0.3 is 0 Å². The van der Waals surface area contributed by atoms with Gasteiger partial charge in [0, 0.05) is 54.1 Å². The standard InChI is InChI=1S/C22H25N5OS/c28-21-11-20(17-3-7-23-8-4-17)25-15-27(21)13-16-5-9-26(10-6-16)14-19-12-24-22(29-19)18-1-2-18/h3-4,7-8,11-12,15-16,18H,1-2,5-6,9-10,13-14H2. The zero-order valence-electron chi connectivity index (χ0n) is 16.4. The average Bonchev–Trinajstić information content (AvgIpc) is 3.51. The molecule has 1 aliphatic heterocycles. The van der Waals surface area contributed by atoms with E-state index in [1.165, 1.54) is 22.7 Å². The lowest BCUT2D eigenvalue weighted by atomic mass is 9.96. The molecular weight excluding hydrogens is 382 g/mol. The van der Waals surface area contributed by atoms with Crippen LogP contribution in [0.4, 0.5) is 0 Å². The van der Waals surface area contributed by atoms with Crippen molar-refractivity contribution >= 4 is 11.3 Å². The molecule has 0 N–H and O–H groups in total. The predicted molar refractivity (Wildman–Crippen MR) is 114 cm³/mol.